The van der Waals surface area contributed by atoms with E-state index in [2.05, 4.69) is 0 Å². The first-order valence-electron chi connectivity index (χ1n) is 3.84. The van der Waals surface area contributed by atoms with Crippen LogP contribution in [-0.4, -0.2) is 9.67 Å². The van der Waals surface area contributed by atoms with Gasteiger partial charge in [-0.1, -0.05) is 18.2 Å². The molecular formula is C10H10NO. The minimum atomic E-state index is 0.869. The maximum atomic E-state index is 8.91. The number of nitrogens with zero attached hydrogens (tertiary/aromatic N) is 1. The lowest BCUT2D eigenvalue weighted by atomic mass is 10.2. The molecular weight excluding hydrogens is 150 g/mol. The monoisotopic (exact) mass is 160 g/mol. The summed E-state index contributed by atoms with van der Waals surface area (Å²) in [5, 5.41) is 10.00. The zero-order chi connectivity index (χ0) is 8.55. The van der Waals surface area contributed by atoms with Crippen LogP contribution in [0.1, 0.15) is 5.56 Å². The fourth-order valence-corrected chi connectivity index (χ4v) is 1.48. The van der Waals surface area contributed by atoms with Crippen LogP contribution in [0.4, 0.5) is 0 Å². The second kappa shape index (κ2) is 2.64. The summed E-state index contributed by atoms with van der Waals surface area (Å²) in [6.45, 7) is 1.14. The van der Waals surface area contributed by atoms with Gasteiger partial charge in [0.25, 0.3) is 0 Å². The van der Waals surface area contributed by atoms with Crippen molar-refractivity contribution in [1.82, 2.24) is 4.57 Å². The fourth-order valence-electron chi connectivity index (χ4n) is 1.48. The maximum Gasteiger partial charge on any atom is 0.111 e. The summed E-state index contributed by atoms with van der Waals surface area (Å²) in [6.07, 6.45) is 1.91. The van der Waals surface area contributed by atoms with E-state index in [1.165, 1.54) is 0 Å². The quantitative estimate of drug-likeness (QED) is 0.678. The Hall–Kier alpha value is -1.28. The summed E-state index contributed by atoms with van der Waals surface area (Å²) in [7, 11) is 1.97. The summed E-state index contributed by atoms with van der Waals surface area (Å²) in [5.41, 5.74) is 2.01. The molecule has 61 valence electrons. The minimum absolute atomic E-state index is 0.869. The van der Waals surface area contributed by atoms with Crippen LogP contribution in [0.3, 0.4) is 0 Å². The molecule has 0 bridgehead atoms. The summed E-state index contributed by atoms with van der Waals surface area (Å²) < 4.78 is 2.00. The predicted octanol–water partition coefficient (Wildman–Crippen LogP) is 2.06. The van der Waals surface area contributed by atoms with Crippen molar-refractivity contribution in [3.05, 3.63) is 42.6 Å². The van der Waals surface area contributed by atoms with Crippen LogP contribution in [0.2, 0.25) is 0 Å². The van der Waals surface area contributed by atoms with Crippen molar-refractivity contribution in [3.8, 4) is 0 Å². The smallest absolute Gasteiger partial charge is 0.111 e. The van der Waals surface area contributed by atoms with Gasteiger partial charge in [0.15, 0.2) is 0 Å². The number of hydrogen-bond donors (Lipinski definition) is 1. The molecule has 0 saturated carbocycles. The highest BCUT2D eigenvalue weighted by Crippen LogP contribution is 2.20. The standard InChI is InChI=1S/C10H10NO/c1-11-6-8(7-12)9-4-2-3-5-10(9)11/h2-7,12H,1H3. The van der Waals surface area contributed by atoms with Gasteiger partial charge >= 0.3 is 0 Å². The molecule has 0 atom stereocenters. The summed E-state index contributed by atoms with van der Waals surface area (Å²) in [4.78, 5) is 0. The van der Waals surface area contributed by atoms with Crippen LogP contribution in [0.5, 0.6) is 0 Å². The van der Waals surface area contributed by atoms with Gasteiger partial charge in [-0.3, -0.25) is 0 Å². The van der Waals surface area contributed by atoms with Crippen LogP contribution < -0.4 is 0 Å². The van der Waals surface area contributed by atoms with Crippen molar-refractivity contribution in [2.24, 2.45) is 7.05 Å². The number of para-hydroxylation sites is 1. The predicted molar refractivity (Wildman–Crippen MR) is 48.3 cm³/mol. The largest absolute Gasteiger partial charge is 0.385 e. The number of rotatable bonds is 1. The van der Waals surface area contributed by atoms with Crippen molar-refractivity contribution >= 4 is 10.9 Å². The number of aryl methyl sites for hydroxylation is 1. The number of benzene rings is 1. The van der Waals surface area contributed by atoms with Gasteiger partial charge in [0.1, 0.15) is 6.61 Å². The topological polar surface area (TPSA) is 25.2 Å². The average molecular weight is 160 g/mol. The van der Waals surface area contributed by atoms with E-state index in [9.17, 15) is 0 Å². The first-order chi connectivity index (χ1) is 5.83. The molecule has 1 heterocycles. The molecule has 2 rings (SSSR count). The van der Waals surface area contributed by atoms with Crippen molar-refractivity contribution in [3.63, 3.8) is 0 Å². The number of aliphatic hydroxyl groups is 1. The first kappa shape index (κ1) is 7.37. The number of fused-ring (bicyclic) bond motifs is 1. The summed E-state index contributed by atoms with van der Waals surface area (Å²) >= 11 is 0. The molecule has 1 aromatic carbocycles. The Morgan fingerprint density at radius 2 is 2.08 bits per heavy atom. The van der Waals surface area contributed by atoms with Crippen molar-refractivity contribution in [1.29, 1.82) is 0 Å². The molecule has 0 fully saturated rings. The molecule has 2 nitrogen and oxygen atoms in total. The molecule has 0 amide bonds. The Labute approximate surface area is 71.1 Å². The van der Waals surface area contributed by atoms with E-state index in [0.717, 1.165) is 23.1 Å². The van der Waals surface area contributed by atoms with Gasteiger partial charge < -0.3 is 9.67 Å². The lowest BCUT2D eigenvalue weighted by Gasteiger charge is -1.92. The molecule has 2 heteroatoms. The normalized spacial score (nSPS) is 10.8. The lowest BCUT2D eigenvalue weighted by molar-refractivity contribution is 0.416. The number of aromatic nitrogens is 1. The fraction of sp³-hybridized carbons (Fsp3) is 0.100. The van der Waals surface area contributed by atoms with E-state index < -0.39 is 0 Å². The SMILES string of the molecule is Cn1cc([CH]O)c2ccccc21. The van der Waals surface area contributed by atoms with Gasteiger partial charge in [-0.05, 0) is 6.07 Å². The molecule has 0 aliphatic rings. The molecule has 0 saturated heterocycles. The molecule has 0 unspecified atom stereocenters. The zero-order valence-corrected chi connectivity index (χ0v) is 6.86. The van der Waals surface area contributed by atoms with Gasteiger partial charge in [0, 0.05) is 29.7 Å². The first-order valence-corrected chi connectivity index (χ1v) is 3.84. The van der Waals surface area contributed by atoms with Gasteiger partial charge in [-0.2, -0.15) is 0 Å². The highest BCUT2D eigenvalue weighted by molar-refractivity contribution is 5.84. The van der Waals surface area contributed by atoms with Crippen LogP contribution in [-0.2, 0) is 7.05 Å². The molecule has 0 aliphatic heterocycles. The van der Waals surface area contributed by atoms with Crippen molar-refractivity contribution in [2.75, 3.05) is 0 Å². The third-order valence-corrected chi connectivity index (χ3v) is 2.07. The Bertz CT molecular complexity index is 403. The van der Waals surface area contributed by atoms with Crippen LogP contribution in [0, 0.1) is 6.61 Å². The minimum Gasteiger partial charge on any atom is -0.385 e. The zero-order valence-electron chi connectivity index (χ0n) is 6.86. The van der Waals surface area contributed by atoms with Gasteiger partial charge in [0.05, 0.1) is 0 Å². The molecule has 1 N–H and O–H groups in total. The molecule has 12 heavy (non-hydrogen) atoms. The number of aliphatic hydroxyl groups excluding tert-OH is 1. The maximum absolute atomic E-state index is 8.91. The van der Waals surface area contributed by atoms with Gasteiger partial charge in [-0.25, -0.2) is 0 Å². The van der Waals surface area contributed by atoms with Crippen LogP contribution in [0.25, 0.3) is 10.9 Å². The van der Waals surface area contributed by atoms with Crippen molar-refractivity contribution in [2.45, 2.75) is 0 Å². The Kier molecular flexibility index (Phi) is 1.62. The van der Waals surface area contributed by atoms with E-state index in [1.54, 1.807) is 0 Å². The molecule has 2 aromatic rings. The third-order valence-electron chi connectivity index (χ3n) is 2.07. The van der Waals surface area contributed by atoms with E-state index in [4.69, 9.17) is 5.11 Å². The van der Waals surface area contributed by atoms with E-state index in [0.29, 0.717) is 0 Å². The van der Waals surface area contributed by atoms with Crippen molar-refractivity contribution < 1.29 is 5.11 Å². The van der Waals surface area contributed by atoms with Crippen LogP contribution >= 0.6 is 0 Å². The van der Waals surface area contributed by atoms with E-state index >= 15 is 0 Å². The van der Waals surface area contributed by atoms with Gasteiger partial charge in [-0.15, -0.1) is 0 Å². The summed E-state index contributed by atoms with van der Waals surface area (Å²) in [6, 6.07) is 7.98. The molecule has 1 radical (unpaired) electrons. The Balaban J connectivity index is 2.82. The second-order valence-electron chi connectivity index (χ2n) is 2.84. The lowest BCUT2D eigenvalue weighted by Crippen LogP contribution is -1.81. The second-order valence-corrected chi connectivity index (χ2v) is 2.84. The Morgan fingerprint density at radius 1 is 1.33 bits per heavy atom. The number of hydrogen-bond acceptors (Lipinski definition) is 1. The Morgan fingerprint density at radius 3 is 2.83 bits per heavy atom. The molecule has 1 aromatic heterocycles. The summed E-state index contributed by atoms with van der Waals surface area (Å²) in [5.74, 6) is 0. The third kappa shape index (κ3) is 0.924. The van der Waals surface area contributed by atoms with E-state index in [-0.39, 0.29) is 0 Å². The molecule has 0 aliphatic carbocycles. The highest BCUT2D eigenvalue weighted by atomic mass is 16.3. The highest BCUT2D eigenvalue weighted by Gasteiger charge is 2.03. The van der Waals surface area contributed by atoms with Gasteiger partial charge in [0.2, 0.25) is 0 Å². The molecule has 0 spiro atoms. The average Bonchev–Trinajstić information content (AvgIpc) is 2.44. The van der Waals surface area contributed by atoms with Crippen LogP contribution in [0.15, 0.2) is 30.5 Å². The van der Waals surface area contributed by atoms with E-state index in [1.807, 2.05) is 42.1 Å².